The van der Waals surface area contributed by atoms with Crippen molar-refractivity contribution in [2.24, 2.45) is 17.8 Å². The first-order valence-corrected chi connectivity index (χ1v) is 7.93. The average molecular weight is 255 g/mol. The molecule has 18 heavy (non-hydrogen) atoms. The highest BCUT2D eigenvalue weighted by Crippen LogP contribution is 2.28. The number of piperidine rings is 1. The monoisotopic (exact) mass is 255 g/mol. The van der Waals surface area contributed by atoms with Gasteiger partial charge in [0.25, 0.3) is 0 Å². The summed E-state index contributed by atoms with van der Waals surface area (Å²) in [6.07, 6.45) is 10.4. The lowest BCUT2D eigenvalue weighted by molar-refractivity contribution is 0.128. The van der Waals surface area contributed by atoms with Crippen LogP contribution in [0.2, 0.25) is 0 Å². The highest BCUT2D eigenvalue weighted by atomic mass is 16.2. The van der Waals surface area contributed by atoms with Crippen molar-refractivity contribution < 1.29 is 5.11 Å². The Morgan fingerprint density at radius 1 is 0.944 bits per heavy atom. The van der Waals surface area contributed by atoms with Crippen molar-refractivity contribution in [2.75, 3.05) is 26.7 Å². The van der Waals surface area contributed by atoms with Crippen molar-refractivity contribution in [1.82, 2.24) is 4.90 Å². The number of aliphatic hydroxyl groups excluding tert-OH is 1. The standard InChI is InChI=1S/C15H29N.CH4O/c1-13(2)15-8-10-16(11-9-15)12-14-6-4-3-5-7-14;1-2/h13-15H,3-12H2,1-2H3;2H,1H3. The van der Waals surface area contributed by atoms with Gasteiger partial charge >= 0.3 is 0 Å². The van der Waals surface area contributed by atoms with Crippen molar-refractivity contribution in [3.8, 4) is 0 Å². The van der Waals surface area contributed by atoms with E-state index in [1.54, 1.807) is 0 Å². The molecule has 0 radical (unpaired) electrons. The number of likely N-dealkylation sites (tertiary alicyclic amines) is 1. The highest BCUT2D eigenvalue weighted by Gasteiger charge is 2.23. The van der Waals surface area contributed by atoms with E-state index in [-0.39, 0.29) is 0 Å². The third-order valence-electron chi connectivity index (χ3n) is 4.82. The second-order valence-electron chi connectivity index (χ2n) is 6.39. The van der Waals surface area contributed by atoms with E-state index < -0.39 is 0 Å². The molecular formula is C16H33NO. The van der Waals surface area contributed by atoms with E-state index in [2.05, 4.69) is 18.7 Å². The Hall–Kier alpha value is -0.0800. The van der Waals surface area contributed by atoms with Crippen molar-refractivity contribution in [3.05, 3.63) is 0 Å². The molecule has 2 rings (SSSR count). The molecule has 0 bridgehead atoms. The van der Waals surface area contributed by atoms with Gasteiger partial charge in [-0.15, -0.1) is 0 Å². The van der Waals surface area contributed by atoms with Crippen molar-refractivity contribution in [2.45, 2.75) is 58.8 Å². The van der Waals surface area contributed by atoms with Crippen LogP contribution in [-0.2, 0) is 0 Å². The second kappa shape index (κ2) is 8.92. The summed E-state index contributed by atoms with van der Waals surface area (Å²) in [6, 6.07) is 0. The SMILES string of the molecule is CC(C)C1CCN(CC2CCCCC2)CC1.CO. The van der Waals surface area contributed by atoms with Gasteiger partial charge in [0, 0.05) is 13.7 Å². The zero-order valence-corrected chi connectivity index (χ0v) is 12.7. The number of rotatable bonds is 3. The summed E-state index contributed by atoms with van der Waals surface area (Å²) < 4.78 is 0. The summed E-state index contributed by atoms with van der Waals surface area (Å²) in [5.41, 5.74) is 0. The minimum atomic E-state index is 0.900. The van der Waals surface area contributed by atoms with E-state index in [1.165, 1.54) is 64.6 Å². The lowest BCUT2D eigenvalue weighted by atomic mass is 9.85. The third kappa shape index (κ3) is 5.27. The Kier molecular flexibility index (Phi) is 7.92. The Balaban J connectivity index is 0.000000771. The van der Waals surface area contributed by atoms with Gasteiger partial charge in [-0.1, -0.05) is 33.1 Å². The normalized spacial score (nSPS) is 23.8. The largest absolute Gasteiger partial charge is 0.400 e. The van der Waals surface area contributed by atoms with Crippen molar-refractivity contribution in [1.29, 1.82) is 0 Å². The molecular weight excluding hydrogens is 222 g/mol. The summed E-state index contributed by atoms with van der Waals surface area (Å²) in [6.45, 7) is 8.94. The molecule has 2 fully saturated rings. The smallest absolute Gasteiger partial charge is 0.0319 e. The minimum Gasteiger partial charge on any atom is -0.400 e. The lowest BCUT2D eigenvalue weighted by Gasteiger charge is -2.36. The molecule has 1 aliphatic carbocycles. The van der Waals surface area contributed by atoms with Crippen LogP contribution < -0.4 is 0 Å². The van der Waals surface area contributed by atoms with E-state index in [4.69, 9.17) is 5.11 Å². The Bertz CT molecular complexity index is 191. The van der Waals surface area contributed by atoms with Gasteiger partial charge < -0.3 is 10.0 Å². The van der Waals surface area contributed by atoms with E-state index in [0.717, 1.165) is 24.9 Å². The van der Waals surface area contributed by atoms with Crippen molar-refractivity contribution >= 4 is 0 Å². The Labute approximate surface area is 114 Å². The predicted molar refractivity (Wildman–Crippen MR) is 78.7 cm³/mol. The molecule has 1 saturated heterocycles. The van der Waals surface area contributed by atoms with Gasteiger partial charge in [-0.05, 0) is 56.5 Å². The van der Waals surface area contributed by atoms with E-state index >= 15 is 0 Å². The molecule has 108 valence electrons. The molecule has 0 amide bonds. The highest BCUT2D eigenvalue weighted by molar-refractivity contribution is 4.77. The second-order valence-corrected chi connectivity index (χ2v) is 6.39. The molecule has 1 heterocycles. The zero-order chi connectivity index (χ0) is 13.4. The molecule has 0 aromatic carbocycles. The van der Waals surface area contributed by atoms with Crippen LogP contribution in [0.3, 0.4) is 0 Å². The van der Waals surface area contributed by atoms with Gasteiger partial charge in [0.1, 0.15) is 0 Å². The summed E-state index contributed by atoms with van der Waals surface area (Å²) >= 11 is 0. The lowest BCUT2D eigenvalue weighted by Crippen LogP contribution is -2.38. The molecule has 2 heteroatoms. The fraction of sp³-hybridized carbons (Fsp3) is 1.00. The third-order valence-corrected chi connectivity index (χ3v) is 4.82. The first-order valence-electron chi connectivity index (χ1n) is 7.93. The Morgan fingerprint density at radius 3 is 2.00 bits per heavy atom. The molecule has 0 aromatic rings. The van der Waals surface area contributed by atoms with Gasteiger partial charge in [-0.3, -0.25) is 0 Å². The van der Waals surface area contributed by atoms with Crippen LogP contribution in [0.4, 0.5) is 0 Å². The summed E-state index contributed by atoms with van der Waals surface area (Å²) in [4.78, 5) is 2.74. The van der Waals surface area contributed by atoms with Crippen LogP contribution in [0.25, 0.3) is 0 Å². The molecule has 1 aliphatic heterocycles. The summed E-state index contributed by atoms with van der Waals surface area (Å²) in [5.74, 6) is 2.93. The topological polar surface area (TPSA) is 23.5 Å². The first kappa shape index (κ1) is 16.0. The molecule has 0 aromatic heterocycles. The minimum absolute atomic E-state index is 0.900. The number of hydrogen-bond acceptors (Lipinski definition) is 2. The predicted octanol–water partition coefficient (Wildman–Crippen LogP) is 3.54. The van der Waals surface area contributed by atoms with Crippen molar-refractivity contribution in [3.63, 3.8) is 0 Å². The fourth-order valence-corrected chi connectivity index (χ4v) is 3.54. The van der Waals surface area contributed by atoms with Gasteiger partial charge in [-0.2, -0.15) is 0 Å². The van der Waals surface area contributed by atoms with E-state index in [0.29, 0.717) is 0 Å². The average Bonchev–Trinajstić information content (AvgIpc) is 2.43. The quantitative estimate of drug-likeness (QED) is 0.834. The molecule has 1 N–H and O–H groups in total. The van der Waals surface area contributed by atoms with E-state index in [1.807, 2.05) is 0 Å². The van der Waals surface area contributed by atoms with Crippen LogP contribution >= 0.6 is 0 Å². The van der Waals surface area contributed by atoms with Gasteiger partial charge in [-0.25, -0.2) is 0 Å². The Morgan fingerprint density at radius 2 is 1.50 bits per heavy atom. The van der Waals surface area contributed by atoms with Crippen LogP contribution in [0.1, 0.15) is 58.8 Å². The summed E-state index contributed by atoms with van der Waals surface area (Å²) in [7, 11) is 1.00. The van der Waals surface area contributed by atoms with Crippen LogP contribution in [0, 0.1) is 17.8 Å². The van der Waals surface area contributed by atoms with Gasteiger partial charge in [0.15, 0.2) is 0 Å². The zero-order valence-electron chi connectivity index (χ0n) is 12.7. The van der Waals surface area contributed by atoms with Crippen LogP contribution in [0.15, 0.2) is 0 Å². The molecule has 0 atom stereocenters. The van der Waals surface area contributed by atoms with Crippen LogP contribution in [0.5, 0.6) is 0 Å². The van der Waals surface area contributed by atoms with Crippen LogP contribution in [-0.4, -0.2) is 36.8 Å². The molecule has 0 unspecified atom stereocenters. The fourth-order valence-electron chi connectivity index (χ4n) is 3.54. The number of hydrogen-bond donors (Lipinski definition) is 1. The maximum atomic E-state index is 7.00. The van der Waals surface area contributed by atoms with Gasteiger partial charge in [0.05, 0.1) is 0 Å². The number of nitrogens with zero attached hydrogens (tertiary/aromatic N) is 1. The molecule has 2 nitrogen and oxygen atoms in total. The number of aliphatic hydroxyl groups is 1. The summed E-state index contributed by atoms with van der Waals surface area (Å²) in [5, 5.41) is 7.00. The molecule has 0 spiro atoms. The van der Waals surface area contributed by atoms with E-state index in [9.17, 15) is 0 Å². The maximum Gasteiger partial charge on any atom is 0.0319 e. The molecule has 1 saturated carbocycles. The first-order chi connectivity index (χ1) is 8.75. The maximum absolute atomic E-state index is 7.00. The molecule has 2 aliphatic rings. The van der Waals surface area contributed by atoms with Gasteiger partial charge in [0.2, 0.25) is 0 Å².